The maximum absolute atomic E-state index is 12.3. The van der Waals surface area contributed by atoms with Crippen LogP contribution < -0.4 is 4.74 Å². The first kappa shape index (κ1) is 11.7. The normalized spacial score (nSPS) is 16.8. The van der Waals surface area contributed by atoms with Gasteiger partial charge in [-0.2, -0.15) is 13.2 Å². The van der Waals surface area contributed by atoms with Gasteiger partial charge in [0.1, 0.15) is 12.4 Å². The van der Waals surface area contributed by atoms with Crippen LogP contribution in [0.25, 0.3) is 5.57 Å². The molecule has 0 atom stereocenters. The van der Waals surface area contributed by atoms with E-state index in [-0.39, 0.29) is 24.0 Å². The molecule has 0 radical (unpaired) electrons. The zero-order chi connectivity index (χ0) is 12.6. The Morgan fingerprint density at radius 3 is 2.71 bits per heavy atom. The number of halogens is 3. The van der Waals surface area contributed by atoms with Gasteiger partial charge in [0.15, 0.2) is 5.78 Å². The standard InChI is InChI=1S/C12H9F3O2/c1-7(16)8-2-3-11-10(4-8)9(6-17-11)5-12(13,14)15/h2-5H,6H2,1H3/b9-5-. The summed E-state index contributed by atoms with van der Waals surface area (Å²) in [7, 11) is 0. The van der Waals surface area contributed by atoms with Gasteiger partial charge in [0.2, 0.25) is 0 Å². The van der Waals surface area contributed by atoms with E-state index in [1.54, 1.807) is 0 Å². The number of benzene rings is 1. The molecule has 2 rings (SSSR count). The second kappa shape index (κ2) is 3.91. The van der Waals surface area contributed by atoms with Gasteiger partial charge in [-0.1, -0.05) is 0 Å². The number of carbonyl (C=O) groups is 1. The highest BCUT2D eigenvalue weighted by molar-refractivity contribution is 5.95. The van der Waals surface area contributed by atoms with Crippen molar-refractivity contribution in [3.8, 4) is 5.75 Å². The summed E-state index contributed by atoms with van der Waals surface area (Å²) in [5.41, 5.74) is 0.771. The minimum Gasteiger partial charge on any atom is -0.488 e. The van der Waals surface area contributed by atoms with Crippen molar-refractivity contribution in [1.29, 1.82) is 0 Å². The van der Waals surface area contributed by atoms with E-state index < -0.39 is 6.18 Å². The molecule has 0 N–H and O–H groups in total. The lowest BCUT2D eigenvalue weighted by Crippen LogP contribution is -2.04. The Balaban J connectivity index is 2.46. The Labute approximate surface area is 95.7 Å². The molecule has 0 aromatic heterocycles. The molecule has 0 aliphatic carbocycles. The summed E-state index contributed by atoms with van der Waals surface area (Å²) in [6.45, 7) is 1.25. The summed E-state index contributed by atoms with van der Waals surface area (Å²) < 4.78 is 41.9. The molecule has 0 unspecified atom stereocenters. The average Bonchev–Trinajstić information content (AvgIpc) is 2.58. The Kier molecular flexibility index (Phi) is 2.69. The number of hydrogen-bond acceptors (Lipinski definition) is 2. The lowest BCUT2D eigenvalue weighted by atomic mass is 10.0. The topological polar surface area (TPSA) is 26.3 Å². The Hall–Kier alpha value is -1.78. The van der Waals surface area contributed by atoms with Crippen LogP contribution in [0.5, 0.6) is 5.75 Å². The predicted octanol–water partition coefficient (Wildman–Crippen LogP) is 3.23. The van der Waals surface area contributed by atoms with Crippen molar-refractivity contribution >= 4 is 11.4 Å². The quantitative estimate of drug-likeness (QED) is 0.707. The first-order valence-corrected chi connectivity index (χ1v) is 4.93. The van der Waals surface area contributed by atoms with E-state index in [1.807, 2.05) is 0 Å². The number of carbonyl (C=O) groups excluding carboxylic acids is 1. The molecule has 1 aromatic rings. The molecule has 2 nitrogen and oxygen atoms in total. The van der Waals surface area contributed by atoms with Crippen molar-refractivity contribution in [2.75, 3.05) is 6.61 Å². The van der Waals surface area contributed by atoms with Crippen LogP contribution in [0.2, 0.25) is 0 Å². The van der Waals surface area contributed by atoms with Crippen LogP contribution in [0.15, 0.2) is 24.3 Å². The molecule has 1 aliphatic heterocycles. The number of Topliss-reactive ketones (excluding diaryl/α,β-unsaturated/α-hetero) is 1. The van der Waals surface area contributed by atoms with Gasteiger partial charge in [0.25, 0.3) is 0 Å². The van der Waals surface area contributed by atoms with Crippen molar-refractivity contribution < 1.29 is 22.7 Å². The first-order chi connectivity index (χ1) is 7.87. The Morgan fingerprint density at radius 1 is 1.41 bits per heavy atom. The maximum Gasteiger partial charge on any atom is 0.410 e. The Bertz CT molecular complexity index is 501. The lowest BCUT2D eigenvalue weighted by molar-refractivity contribution is -0.0794. The third-order valence-electron chi connectivity index (χ3n) is 2.45. The van der Waals surface area contributed by atoms with Gasteiger partial charge in [-0.15, -0.1) is 0 Å². The number of fused-ring (bicyclic) bond motifs is 1. The minimum atomic E-state index is -4.38. The molecule has 0 spiro atoms. The van der Waals surface area contributed by atoms with E-state index in [0.717, 1.165) is 0 Å². The van der Waals surface area contributed by atoms with Crippen LogP contribution in [0.1, 0.15) is 22.8 Å². The zero-order valence-electron chi connectivity index (χ0n) is 8.97. The van der Waals surface area contributed by atoms with E-state index in [4.69, 9.17) is 4.74 Å². The molecule has 1 aromatic carbocycles. The summed E-state index contributed by atoms with van der Waals surface area (Å²) in [6, 6.07) is 4.49. The van der Waals surface area contributed by atoms with Crippen LogP contribution >= 0.6 is 0 Å². The third-order valence-corrected chi connectivity index (χ3v) is 2.45. The van der Waals surface area contributed by atoms with E-state index >= 15 is 0 Å². The van der Waals surface area contributed by atoms with Crippen molar-refractivity contribution in [2.24, 2.45) is 0 Å². The van der Waals surface area contributed by atoms with Gasteiger partial charge >= 0.3 is 6.18 Å². The van der Waals surface area contributed by atoms with Crippen LogP contribution in [0.4, 0.5) is 13.2 Å². The summed E-state index contributed by atoms with van der Waals surface area (Å²) in [4.78, 5) is 11.2. The molecule has 90 valence electrons. The zero-order valence-corrected chi connectivity index (χ0v) is 8.97. The molecule has 0 bridgehead atoms. The molecule has 1 aliphatic rings. The van der Waals surface area contributed by atoms with Gasteiger partial charge in [-0.05, 0) is 25.1 Å². The van der Waals surface area contributed by atoms with Gasteiger partial charge in [-0.25, -0.2) is 0 Å². The molecule has 0 amide bonds. The van der Waals surface area contributed by atoms with Crippen molar-refractivity contribution in [1.82, 2.24) is 0 Å². The van der Waals surface area contributed by atoms with Crippen LogP contribution in [0.3, 0.4) is 0 Å². The van der Waals surface area contributed by atoms with E-state index in [2.05, 4.69) is 0 Å². The smallest absolute Gasteiger partial charge is 0.410 e. The van der Waals surface area contributed by atoms with E-state index in [0.29, 0.717) is 16.9 Å². The van der Waals surface area contributed by atoms with E-state index in [9.17, 15) is 18.0 Å². The van der Waals surface area contributed by atoms with Crippen LogP contribution in [-0.4, -0.2) is 18.6 Å². The highest BCUT2D eigenvalue weighted by atomic mass is 19.4. The third kappa shape index (κ3) is 2.49. The SMILES string of the molecule is CC(=O)c1ccc2c(c1)/C(=C\C(F)(F)F)CO2. The van der Waals surface area contributed by atoms with Crippen molar-refractivity contribution in [2.45, 2.75) is 13.1 Å². The Morgan fingerprint density at radius 2 is 2.12 bits per heavy atom. The molecular weight excluding hydrogens is 233 g/mol. The minimum absolute atomic E-state index is 0.0515. The molecule has 0 fully saturated rings. The monoisotopic (exact) mass is 242 g/mol. The molecule has 0 saturated heterocycles. The fourth-order valence-corrected chi connectivity index (χ4v) is 1.68. The molecule has 5 heteroatoms. The van der Waals surface area contributed by atoms with E-state index in [1.165, 1.54) is 25.1 Å². The predicted molar refractivity (Wildman–Crippen MR) is 56.0 cm³/mol. The average molecular weight is 242 g/mol. The fourth-order valence-electron chi connectivity index (χ4n) is 1.68. The van der Waals surface area contributed by atoms with Crippen molar-refractivity contribution in [3.63, 3.8) is 0 Å². The first-order valence-electron chi connectivity index (χ1n) is 4.93. The second-order valence-corrected chi connectivity index (χ2v) is 3.77. The van der Waals surface area contributed by atoms with Crippen molar-refractivity contribution in [3.05, 3.63) is 35.4 Å². The second-order valence-electron chi connectivity index (χ2n) is 3.77. The fraction of sp³-hybridized carbons (Fsp3) is 0.250. The highest BCUT2D eigenvalue weighted by Crippen LogP contribution is 2.36. The molecular formula is C12H9F3O2. The summed E-state index contributed by atoms with van der Waals surface area (Å²) in [5.74, 6) is 0.191. The number of allylic oxidation sites excluding steroid dienone is 1. The number of ketones is 1. The van der Waals surface area contributed by atoms with Crippen LogP contribution in [-0.2, 0) is 0 Å². The summed E-state index contributed by atoms with van der Waals surface area (Å²) in [5, 5.41) is 0. The van der Waals surface area contributed by atoms with Gasteiger partial charge in [-0.3, -0.25) is 4.79 Å². The number of alkyl halides is 3. The van der Waals surface area contributed by atoms with Crippen LogP contribution in [0, 0.1) is 0 Å². The van der Waals surface area contributed by atoms with Gasteiger partial charge in [0, 0.05) is 22.8 Å². The van der Waals surface area contributed by atoms with Gasteiger partial charge < -0.3 is 4.74 Å². The molecule has 17 heavy (non-hydrogen) atoms. The number of ether oxygens (including phenoxy) is 1. The number of rotatable bonds is 1. The molecule has 1 heterocycles. The number of hydrogen-bond donors (Lipinski definition) is 0. The van der Waals surface area contributed by atoms with Gasteiger partial charge in [0.05, 0.1) is 0 Å². The summed E-state index contributed by atoms with van der Waals surface area (Å²) in [6.07, 6.45) is -4.17. The maximum atomic E-state index is 12.3. The molecule has 0 saturated carbocycles. The summed E-state index contributed by atoms with van der Waals surface area (Å²) >= 11 is 0. The largest absolute Gasteiger partial charge is 0.488 e. The highest BCUT2D eigenvalue weighted by Gasteiger charge is 2.28. The lowest BCUT2D eigenvalue weighted by Gasteiger charge is -2.03.